The van der Waals surface area contributed by atoms with Gasteiger partial charge in [-0.2, -0.15) is 0 Å². The summed E-state index contributed by atoms with van der Waals surface area (Å²) in [5, 5.41) is 0. The molecule has 0 amide bonds. The summed E-state index contributed by atoms with van der Waals surface area (Å²) in [6.45, 7) is 5.81. The van der Waals surface area contributed by atoms with Crippen molar-refractivity contribution < 1.29 is 47.6 Å². The van der Waals surface area contributed by atoms with E-state index in [2.05, 4.69) is 25.7 Å². The third kappa shape index (κ3) is 23.9. The molecule has 0 saturated heterocycles. The summed E-state index contributed by atoms with van der Waals surface area (Å²) in [4.78, 5) is 51.9. The lowest BCUT2D eigenvalue weighted by Crippen LogP contribution is -2.10. The average molecular weight is 1160 g/mol. The molecular formula is C76H86O10. The first kappa shape index (κ1) is 65.1. The van der Waals surface area contributed by atoms with Crippen LogP contribution < -0.4 is 28.4 Å². The van der Waals surface area contributed by atoms with Gasteiger partial charge in [0.1, 0.15) is 34.5 Å². The summed E-state index contributed by atoms with van der Waals surface area (Å²) >= 11 is 0. The number of unbranched alkanes of at least 4 members (excludes halogenated alkanes) is 22. The first-order valence-electron chi connectivity index (χ1n) is 31.6. The summed E-state index contributed by atoms with van der Waals surface area (Å²) in [7, 11) is 0. The third-order valence-corrected chi connectivity index (χ3v) is 15.0. The normalized spacial score (nSPS) is 10.8. The van der Waals surface area contributed by atoms with Gasteiger partial charge in [0.05, 0.1) is 35.5 Å². The Labute approximate surface area is 511 Å². The van der Waals surface area contributed by atoms with Gasteiger partial charge in [-0.1, -0.05) is 191 Å². The second-order valence-electron chi connectivity index (χ2n) is 22.0. The van der Waals surface area contributed by atoms with Gasteiger partial charge in [0, 0.05) is 11.1 Å². The van der Waals surface area contributed by atoms with E-state index in [1.165, 1.54) is 128 Å². The zero-order valence-electron chi connectivity index (χ0n) is 50.6. The highest BCUT2D eigenvalue weighted by atomic mass is 16.5. The van der Waals surface area contributed by atoms with Crippen LogP contribution in [-0.4, -0.2) is 37.1 Å². The molecule has 0 unspecified atom stereocenters. The maximum atomic E-state index is 13.1. The minimum atomic E-state index is -0.557. The number of benzene rings is 7. The van der Waals surface area contributed by atoms with Gasteiger partial charge in [-0.25, -0.2) is 19.2 Å². The summed E-state index contributed by atoms with van der Waals surface area (Å²) in [6.07, 6.45) is 31.0. The number of rotatable bonds is 37. The van der Waals surface area contributed by atoms with E-state index in [1.54, 1.807) is 133 Å². The van der Waals surface area contributed by atoms with Crippen molar-refractivity contribution in [1.29, 1.82) is 0 Å². The van der Waals surface area contributed by atoms with Gasteiger partial charge >= 0.3 is 23.9 Å². The van der Waals surface area contributed by atoms with Crippen molar-refractivity contribution in [2.75, 3.05) is 13.2 Å². The summed E-state index contributed by atoms with van der Waals surface area (Å²) in [5.74, 6) is 7.03. The Bertz CT molecular complexity index is 3170. The Hall–Kier alpha value is -8.42. The predicted octanol–water partition coefficient (Wildman–Crippen LogP) is 19.8. The van der Waals surface area contributed by atoms with E-state index >= 15 is 0 Å². The number of carbonyl (C=O) groups is 4. The van der Waals surface area contributed by atoms with Crippen molar-refractivity contribution in [3.05, 3.63) is 203 Å². The molecule has 7 rings (SSSR count). The van der Waals surface area contributed by atoms with Crippen LogP contribution in [0.1, 0.15) is 221 Å². The molecule has 7 aromatic carbocycles. The Morgan fingerprint density at radius 1 is 0.279 bits per heavy atom. The SMILES string of the molecule is CCCCCCCCCCCCCCOc1ccc(C(=O)Oc2ccc(C(=O)Oc3ccc(C#Cc4cccc(-c5ccc(OC(=O)c6ccc(OC(=O)c7ccc(OCCCCCCCCCCCCCC)cc7)cc6)cc5)c4)cc3)cc2)cc1. The molecule has 0 bridgehead atoms. The minimum Gasteiger partial charge on any atom is -0.494 e. The molecule has 0 radical (unpaired) electrons. The Balaban J connectivity index is 0.767. The van der Waals surface area contributed by atoms with Crippen LogP contribution in [-0.2, 0) is 0 Å². The van der Waals surface area contributed by atoms with Crippen molar-refractivity contribution >= 4 is 23.9 Å². The summed E-state index contributed by atoms with van der Waals surface area (Å²) in [6, 6.07) is 48.3. The minimum absolute atomic E-state index is 0.297. The van der Waals surface area contributed by atoms with Crippen LogP contribution in [0.25, 0.3) is 11.1 Å². The van der Waals surface area contributed by atoms with Crippen molar-refractivity contribution in [2.45, 2.75) is 168 Å². The Morgan fingerprint density at radius 2 is 0.558 bits per heavy atom. The van der Waals surface area contributed by atoms with Crippen molar-refractivity contribution in [2.24, 2.45) is 0 Å². The molecule has 10 nitrogen and oxygen atoms in total. The number of ether oxygens (including phenoxy) is 6. The molecule has 0 N–H and O–H groups in total. The lowest BCUT2D eigenvalue weighted by Gasteiger charge is -2.09. The van der Waals surface area contributed by atoms with E-state index < -0.39 is 23.9 Å². The van der Waals surface area contributed by atoms with Crippen LogP contribution in [0, 0.1) is 11.8 Å². The molecule has 0 atom stereocenters. The van der Waals surface area contributed by atoms with E-state index in [9.17, 15) is 19.2 Å². The largest absolute Gasteiger partial charge is 0.494 e. The lowest BCUT2D eigenvalue weighted by atomic mass is 10.0. The predicted molar refractivity (Wildman–Crippen MR) is 343 cm³/mol. The molecule has 0 aliphatic carbocycles. The Morgan fingerprint density at radius 3 is 0.895 bits per heavy atom. The van der Waals surface area contributed by atoms with Crippen LogP contribution in [0.4, 0.5) is 0 Å². The molecule has 0 spiro atoms. The van der Waals surface area contributed by atoms with Gasteiger partial charge in [-0.3, -0.25) is 0 Å². The zero-order valence-corrected chi connectivity index (χ0v) is 50.6. The highest BCUT2D eigenvalue weighted by Gasteiger charge is 2.15. The fraction of sp³-hybridized carbons (Fsp3) is 0.368. The topological polar surface area (TPSA) is 124 Å². The van der Waals surface area contributed by atoms with Crippen LogP contribution in [0.5, 0.6) is 34.5 Å². The molecule has 0 aromatic heterocycles. The maximum Gasteiger partial charge on any atom is 0.343 e. The van der Waals surface area contributed by atoms with Crippen molar-refractivity contribution in [3.8, 4) is 57.5 Å². The summed E-state index contributed by atoms with van der Waals surface area (Å²) in [5.41, 5.74) is 4.75. The number of esters is 4. The van der Waals surface area contributed by atoms with Gasteiger partial charge in [-0.15, -0.1) is 0 Å². The highest BCUT2D eigenvalue weighted by Crippen LogP contribution is 2.26. The van der Waals surface area contributed by atoms with Crippen LogP contribution >= 0.6 is 0 Å². The molecule has 0 heterocycles. The molecule has 0 aliphatic rings. The number of hydrogen-bond donors (Lipinski definition) is 0. The fourth-order valence-corrected chi connectivity index (χ4v) is 9.87. The maximum absolute atomic E-state index is 13.1. The van der Waals surface area contributed by atoms with E-state index in [0.29, 0.717) is 58.5 Å². The van der Waals surface area contributed by atoms with E-state index in [1.807, 2.05) is 36.4 Å². The molecule has 10 heteroatoms. The van der Waals surface area contributed by atoms with E-state index in [4.69, 9.17) is 28.4 Å². The van der Waals surface area contributed by atoms with Gasteiger partial charge in [0.15, 0.2) is 0 Å². The number of hydrogen-bond acceptors (Lipinski definition) is 10. The first-order valence-corrected chi connectivity index (χ1v) is 31.6. The van der Waals surface area contributed by atoms with E-state index in [-0.39, 0.29) is 0 Å². The Kier molecular flexibility index (Phi) is 28.6. The van der Waals surface area contributed by atoms with Gasteiger partial charge in [0.2, 0.25) is 0 Å². The molecule has 7 aromatic rings. The van der Waals surface area contributed by atoms with Crippen molar-refractivity contribution in [1.82, 2.24) is 0 Å². The van der Waals surface area contributed by atoms with Crippen molar-refractivity contribution in [3.63, 3.8) is 0 Å². The fourth-order valence-electron chi connectivity index (χ4n) is 9.87. The molecule has 450 valence electrons. The highest BCUT2D eigenvalue weighted by molar-refractivity contribution is 5.94. The average Bonchev–Trinajstić information content (AvgIpc) is 3.70. The monoisotopic (exact) mass is 1160 g/mol. The number of carbonyl (C=O) groups excluding carboxylic acids is 4. The zero-order chi connectivity index (χ0) is 60.2. The second kappa shape index (κ2) is 37.8. The summed E-state index contributed by atoms with van der Waals surface area (Å²) < 4.78 is 34.2. The lowest BCUT2D eigenvalue weighted by molar-refractivity contribution is 0.0720. The standard InChI is InChI=1S/C76H86O10/c1-3-5-7-9-11-13-15-17-19-21-23-25-56-81-67-46-36-62(37-47-67)73(77)85-71-52-40-64(41-53-71)75(79)83-69-44-32-59(33-45-69)30-31-60-28-27-29-66(58-60)61-34-50-70(51-35-61)84-76(80)65-42-54-72(55-43-65)86-74(78)63-38-48-68(49-39-63)82-57-26-24-22-20-18-16-14-12-10-8-6-4-2/h27-29,32-55,58H,3-26,56-57H2,1-2H3. The molecule has 86 heavy (non-hydrogen) atoms. The van der Waals surface area contributed by atoms with Crippen LogP contribution in [0.3, 0.4) is 0 Å². The van der Waals surface area contributed by atoms with Gasteiger partial charge < -0.3 is 28.4 Å². The van der Waals surface area contributed by atoms with Crippen LogP contribution in [0.15, 0.2) is 170 Å². The quantitative estimate of drug-likeness (QED) is 0.0161. The molecule has 0 fully saturated rings. The molecule has 0 aliphatic heterocycles. The van der Waals surface area contributed by atoms with E-state index in [0.717, 1.165) is 59.4 Å². The van der Waals surface area contributed by atoms with Gasteiger partial charge in [-0.05, 0) is 170 Å². The second-order valence-corrected chi connectivity index (χ2v) is 22.0. The first-order chi connectivity index (χ1) is 42.2. The molecular weight excluding hydrogens is 1070 g/mol. The smallest absolute Gasteiger partial charge is 0.343 e. The van der Waals surface area contributed by atoms with Gasteiger partial charge in [0.25, 0.3) is 0 Å². The third-order valence-electron chi connectivity index (χ3n) is 15.0. The van der Waals surface area contributed by atoms with Crippen LogP contribution in [0.2, 0.25) is 0 Å². The molecule has 0 saturated carbocycles.